The highest BCUT2D eigenvalue weighted by Crippen LogP contribution is 2.22. The molecule has 0 aliphatic carbocycles. The van der Waals surface area contributed by atoms with Gasteiger partial charge in [0.15, 0.2) is 0 Å². The summed E-state index contributed by atoms with van der Waals surface area (Å²) in [5.41, 5.74) is 2.02. The first-order chi connectivity index (χ1) is 16.2. The van der Waals surface area contributed by atoms with Gasteiger partial charge in [-0.25, -0.2) is 8.42 Å². The Hall–Kier alpha value is -3.69. The highest BCUT2D eigenvalue weighted by molar-refractivity contribution is 7.89. The van der Waals surface area contributed by atoms with Gasteiger partial charge in [-0.1, -0.05) is 48.0 Å². The van der Waals surface area contributed by atoms with Crippen molar-refractivity contribution < 1.29 is 27.5 Å². The molecule has 0 aliphatic heterocycles. The number of carbonyl (C=O) groups is 2. The molecule has 178 valence electrons. The Labute approximate surface area is 199 Å². The molecule has 0 aromatic heterocycles. The summed E-state index contributed by atoms with van der Waals surface area (Å²) in [5.74, 6) is -0.963. The Morgan fingerprint density at radius 1 is 0.882 bits per heavy atom. The van der Waals surface area contributed by atoms with E-state index in [4.69, 9.17) is 9.47 Å². The molecule has 2 atom stereocenters. The van der Waals surface area contributed by atoms with E-state index in [2.05, 4.69) is 10.0 Å². The summed E-state index contributed by atoms with van der Waals surface area (Å²) in [5, 5.41) is 2.73. The predicted octanol–water partition coefficient (Wildman–Crippen LogP) is 3.59. The van der Waals surface area contributed by atoms with Crippen LogP contribution in [0.15, 0.2) is 83.8 Å². The summed E-state index contributed by atoms with van der Waals surface area (Å²) in [4.78, 5) is 25.7. The number of ether oxygens (including phenoxy) is 2. The monoisotopic (exact) mass is 482 g/mol. The number of esters is 1. The molecule has 3 aromatic rings. The quantitative estimate of drug-likeness (QED) is 0.451. The van der Waals surface area contributed by atoms with Gasteiger partial charge in [0, 0.05) is 11.3 Å². The minimum absolute atomic E-state index is 0.0373. The molecule has 0 fully saturated rings. The number of hydrogen-bond acceptors (Lipinski definition) is 6. The summed E-state index contributed by atoms with van der Waals surface area (Å²) in [6, 6.07) is 20.1. The number of sulfonamides is 1. The van der Waals surface area contributed by atoms with Gasteiger partial charge >= 0.3 is 5.97 Å². The van der Waals surface area contributed by atoms with Crippen LogP contribution < -0.4 is 14.8 Å². The smallest absolute Gasteiger partial charge is 0.325 e. The second-order valence-electron chi connectivity index (χ2n) is 7.60. The lowest BCUT2D eigenvalue weighted by molar-refractivity contribution is -0.156. The Bertz CT molecular complexity index is 1230. The predicted molar refractivity (Wildman–Crippen MR) is 128 cm³/mol. The van der Waals surface area contributed by atoms with Crippen molar-refractivity contribution in [3.05, 3.63) is 90.0 Å². The van der Waals surface area contributed by atoms with Crippen LogP contribution in [0.5, 0.6) is 5.75 Å². The summed E-state index contributed by atoms with van der Waals surface area (Å²) < 4.78 is 38.1. The van der Waals surface area contributed by atoms with Gasteiger partial charge in [-0.05, 0) is 50.2 Å². The van der Waals surface area contributed by atoms with Crippen LogP contribution in [0.2, 0.25) is 0 Å². The second kappa shape index (κ2) is 11.0. The Morgan fingerprint density at radius 2 is 1.50 bits per heavy atom. The van der Waals surface area contributed by atoms with E-state index in [1.165, 1.54) is 38.3 Å². The van der Waals surface area contributed by atoms with Gasteiger partial charge in [0.1, 0.15) is 11.8 Å². The van der Waals surface area contributed by atoms with Gasteiger partial charge in [-0.2, -0.15) is 4.72 Å². The maximum atomic E-state index is 13.0. The number of rotatable bonds is 9. The molecule has 0 aliphatic rings. The van der Waals surface area contributed by atoms with Gasteiger partial charge in [-0.15, -0.1) is 0 Å². The van der Waals surface area contributed by atoms with Crippen molar-refractivity contribution in [3.63, 3.8) is 0 Å². The highest BCUT2D eigenvalue weighted by atomic mass is 32.2. The minimum Gasteiger partial charge on any atom is -0.497 e. The zero-order valence-electron chi connectivity index (χ0n) is 19.0. The van der Waals surface area contributed by atoms with Gasteiger partial charge in [0.2, 0.25) is 16.1 Å². The average Bonchev–Trinajstić information content (AvgIpc) is 2.84. The lowest BCUT2D eigenvalue weighted by atomic mass is 10.1. The van der Waals surface area contributed by atoms with Crippen LogP contribution in [0.4, 0.5) is 5.69 Å². The number of nitrogens with one attached hydrogen (secondary N) is 2. The Kier molecular flexibility index (Phi) is 8.04. The summed E-state index contributed by atoms with van der Waals surface area (Å²) >= 11 is 0. The first-order valence-corrected chi connectivity index (χ1v) is 12.0. The third-order valence-electron chi connectivity index (χ3n) is 4.95. The van der Waals surface area contributed by atoms with Crippen molar-refractivity contribution in [2.75, 3.05) is 12.4 Å². The molecule has 0 heterocycles. The van der Waals surface area contributed by atoms with Crippen LogP contribution in [0, 0.1) is 6.92 Å². The van der Waals surface area contributed by atoms with Crippen molar-refractivity contribution in [3.8, 4) is 5.75 Å². The van der Waals surface area contributed by atoms with Crippen molar-refractivity contribution in [2.45, 2.75) is 30.9 Å². The molecule has 2 N–H and O–H groups in total. The number of hydrogen-bond donors (Lipinski definition) is 2. The van der Waals surface area contributed by atoms with E-state index >= 15 is 0 Å². The number of amides is 1. The van der Waals surface area contributed by atoms with E-state index < -0.39 is 34.0 Å². The van der Waals surface area contributed by atoms with E-state index in [0.717, 1.165) is 5.56 Å². The minimum atomic E-state index is -4.01. The fourth-order valence-corrected chi connectivity index (χ4v) is 4.26. The Balaban J connectivity index is 1.75. The number of anilines is 1. The summed E-state index contributed by atoms with van der Waals surface area (Å²) in [7, 11) is -2.54. The maximum Gasteiger partial charge on any atom is 0.325 e. The second-order valence-corrected chi connectivity index (χ2v) is 9.32. The third-order valence-corrected chi connectivity index (χ3v) is 6.51. The molecule has 34 heavy (non-hydrogen) atoms. The SMILES string of the molecule is COc1ccc(S(=O)(=O)NC(C)C(=O)OC(C(=O)Nc2ccc(C)cc2)c2ccccc2)cc1. The average molecular weight is 483 g/mol. The molecule has 9 heteroatoms. The van der Waals surface area contributed by atoms with Crippen molar-refractivity contribution in [1.29, 1.82) is 0 Å². The van der Waals surface area contributed by atoms with Gasteiger partial charge in [0.05, 0.1) is 12.0 Å². The molecular formula is C25H26N2O6S. The molecule has 0 saturated heterocycles. The van der Waals surface area contributed by atoms with Crippen LogP contribution in [0.3, 0.4) is 0 Å². The zero-order valence-corrected chi connectivity index (χ0v) is 19.8. The fraction of sp³-hybridized carbons (Fsp3) is 0.200. The van der Waals surface area contributed by atoms with Gasteiger partial charge < -0.3 is 14.8 Å². The van der Waals surface area contributed by atoms with Crippen LogP contribution in [-0.4, -0.2) is 33.4 Å². The molecule has 3 rings (SSSR count). The summed E-state index contributed by atoms with van der Waals surface area (Å²) in [6.07, 6.45) is -1.28. The largest absolute Gasteiger partial charge is 0.497 e. The van der Waals surface area contributed by atoms with Crippen LogP contribution in [0.25, 0.3) is 0 Å². The van der Waals surface area contributed by atoms with E-state index in [-0.39, 0.29) is 4.90 Å². The number of aryl methyl sites for hydroxylation is 1. The maximum absolute atomic E-state index is 13.0. The van der Waals surface area contributed by atoms with Crippen molar-refractivity contribution in [1.82, 2.24) is 4.72 Å². The first-order valence-electron chi connectivity index (χ1n) is 10.5. The fourth-order valence-electron chi connectivity index (χ4n) is 3.07. The van der Waals surface area contributed by atoms with Crippen molar-refractivity contribution in [2.24, 2.45) is 0 Å². The molecule has 0 bridgehead atoms. The molecule has 0 spiro atoms. The molecule has 0 radical (unpaired) electrons. The normalized spacial score (nSPS) is 12.9. The number of methoxy groups -OCH3 is 1. The van der Waals surface area contributed by atoms with E-state index in [0.29, 0.717) is 17.0 Å². The molecule has 3 aromatic carbocycles. The van der Waals surface area contributed by atoms with Gasteiger partial charge in [-0.3, -0.25) is 9.59 Å². The zero-order chi connectivity index (χ0) is 24.7. The van der Waals surface area contributed by atoms with Crippen LogP contribution in [-0.2, 0) is 24.3 Å². The Morgan fingerprint density at radius 3 is 2.09 bits per heavy atom. The summed E-state index contributed by atoms with van der Waals surface area (Å²) in [6.45, 7) is 3.28. The molecule has 8 nitrogen and oxygen atoms in total. The van der Waals surface area contributed by atoms with Crippen LogP contribution >= 0.6 is 0 Å². The van der Waals surface area contributed by atoms with E-state index in [1.807, 2.05) is 19.1 Å². The third kappa shape index (κ3) is 6.43. The molecule has 0 saturated carbocycles. The molecular weight excluding hydrogens is 456 g/mol. The van der Waals surface area contributed by atoms with E-state index in [9.17, 15) is 18.0 Å². The molecule has 1 amide bonds. The van der Waals surface area contributed by atoms with Gasteiger partial charge in [0.25, 0.3) is 5.91 Å². The number of benzene rings is 3. The van der Waals surface area contributed by atoms with E-state index in [1.54, 1.807) is 42.5 Å². The van der Waals surface area contributed by atoms with Crippen LogP contribution in [0.1, 0.15) is 24.2 Å². The highest BCUT2D eigenvalue weighted by Gasteiger charge is 2.30. The number of carbonyl (C=O) groups excluding carboxylic acids is 2. The molecule has 2 unspecified atom stereocenters. The lowest BCUT2D eigenvalue weighted by Gasteiger charge is -2.21. The first kappa shape index (κ1) is 24.9. The standard InChI is InChI=1S/C25H26N2O6S/c1-17-9-11-20(12-10-17)26-24(28)23(19-7-5-4-6-8-19)33-25(29)18(2)27-34(30,31)22-15-13-21(32-3)14-16-22/h4-16,18,23,27H,1-3H3,(H,26,28). The lowest BCUT2D eigenvalue weighted by Crippen LogP contribution is -2.41. The van der Waals surface area contributed by atoms with Crippen molar-refractivity contribution >= 4 is 27.6 Å². The topological polar surface area (TPSA) is 111 Å².